The molecule has 0 aliphatic rings. The fourth-order valence-corrected chi connectivity index (χ4v) is 3.27. The Kier molecular flexibility index (Phi) is 6.85. The van der Waals surface area contributed by atoms with Gasteiger partial charge in [-0.1, -0.05) is 70.0 Å². The van der Waals surface area contributed by atoms with E-state index in [4.69, 9.17) is 4.74 Å². The van der Waals surface area contributed by atoms with Crippen molar-refractivity contribution in [1.82, 2.24) is 0 Å². The number of hydrogen-bond acceptors (Lipinski definition) is 3. The molecule has 4 nitrogen and oxygen atoms in total. The van der Waals surface area contributed by atoms with Gasteiger partial charge in [0, 0.05) is 15.6 Å². The van der Waals surface area contributed by atoms with Crippen LogP contribution >= 0.6 is 15.9 Å². The van der Waals surface area contributed by atoms with Gasteiger partial charge in [-0.05, 0) is 36.2 Å². The maximum atomic E-state index is 10.8. The summed E-state index contributed by atoms with van der Waals surface area (Å²) in [6.07, 6.45) is 0. The summed E-state index contributed by atoms with van der Waals surface area (Å²) in [6.45, 7) is 4.10. The topological polar surface area (TPSA) is 66.0 Å². The third kappa shape index (κ3) is 5.68. The molecule has 28 heavy (non-hydrogen) atoms. The predicted molar refractivity (Wildman–Crippen MR) is 110 cm³/mol. The van der Waals surface area contributed by atoms with Crippen LogP contribution in [0.1, 0.15) is 32.6 Å². The highest BCUT2D eigenvalue weighted by atomic mass is 79.9. The Labute approximate surface area is 173 Å². The Morgan fingerprint density at radius 3 is 2.32 bits per heavy atom. The first-order chi connectivity index (χ1) is 13.5. The van der Waals surface area contributed by atoms with Crippen LogP contribution in [0.25, 0.3) is 0 Å². The van der Waals surface area contributed by atoms with Crippen LogP contribution < -0.4 is 15.2 Å². The molecule has 0 saturated heterocycles. The zero-order valence-electron chi connectivity index (χ0n) is 15.7. The van der Waals surface area contributed by atoms with Crippen LogP contribution in [0.4, 0.5) is 0 Å². The average molecular weight is 440 g/mol. The predicted octanol–water partition coefficient (Wildman–Crippen LogP) is 2.96. The van der Waals surface area contributed by atoms with E-state index in [-0.39, 0.29) is 5.56 Å². The van der Waals surface area contributed by atoms with Gasteiger partial charge in [-0.15, -0.1) is 0 Å². The molecule has 0 unspecified atom stereocenters. The van der Waals surface area contributed by atoms with Gasteiger partial charge in [0.15, 0.2) is 0 Å². The van der Waals surface area contributed by atoms with Gasteiger partial charge in [0.25, 0.3) is 0 Å². The smallest absolute Gasteiger partial charge is 0.128 e. The van der Waals surface area contributed by atoms with Crippen molar-refractivity contribution in [1.29, 1.82) is 0 Å². The van der Waals surface area contributed by atoms with E-state index in [2.05, 4.69) is 58.5 Å². The Bertz CT molecular complexity index is 937. The SMILES string of the molecule is Cc1ccc(COc2ccc(Br)cc2C[NH2+]Cc2ccc(C(=O)[O-])cc2)cc1. The number of carboxylic acid groups (broad SMARTS) is 1. The second-order valence-corrected chi connectivity index (χ2v) is 7.62. The van der Waals surface area contributed by atoms with Crippen LogP contribution in [0, 0.1) is 6.92 Å². The first-order valence-corrected chi connectivity index (χ1v) is 9.89. The van der Waals surface area contributed by atoms with Crippen LogP contribution in [-0.4, -0.2) is 5.97 Å². The summed E-state index contributed by atoms with van der Waals surface area (Å²) in [5.41, 5.74) is 4.73. The zero-order chi connectivity index (χ0) is 19.9. The summed E-state index contributed by atoms with van der Waals surface area (Å²) in [4.78, 5) is 10.8. The largest absolute Gasteiger partial charge is 0.545 e. The van der Waals surface area contributed by atoms with Gasteiger partial charge in [-0.3, -0.25) is 0 Å². The molecule has 0 spiro atoms. The number of rotatable bonds is 8. The standard InChI is InChI=1S/C23H22BrNO3/c1-16-2-4-18(5-3-16)15-28-22-11-10-21(24)12-20(22)14-25-13-17-6-8-19(9-7-17)23(26)27/h2-12,25H,13-15H2,1H3,(H,26,27). The fraction of sp³-hybridized carbons (Fsp3) is 0.174. The maximum Gasteiger partial charge on any atom is 0.128 e. The van der Waals surface area contributed by atoms with Crippen molar-refractivity contribution in [2.75, 3.05) is 0 Å². The van der Waals surface area contributed by atoms with Crippen LogP contribution in [0.15, 0.2) is 71.2 Å². The Hall–Kier alpha value is -2.63. The molecule has 0 atom stereocenters. The molecule has 0 amide bonds. The van der Waals surface area contributed by atoms with Gasteiger partial charge in [0.05, 0.1) is 5.97 Å². The molecule has 0 radical (unpaired) electrons. The van der Waals surface area contributed by atoms with Crippen molar-refractivity contribution in [3.63, 3.8) is 0 Å². The number of carboxylic acids is 1. The van der Waals surface area contributed by atoms with Crippen molar-refractivity contribution in [3.05, 3.63) is 99.0 Å². The second-order valence-electron chi connectivity index (χ2n) is 6.71. The number of aromatic carboxylic acids is 1. The Morgan fingerprint density at radius 1 is 0.964 bits per heavy atom. The molecular weight excluding hydrogens is 418 g/mol. The summed E-state index contributed by atoms with van der Waals surface area (Å²) >= 11 is 3.53. The van der Waals surface area contributed by atoms with Gasteiger partial charge in [-0.25, -0.2) is 0 Å². The van der Waals surface area contributed by atoms with E-state index >= 15 is 0 Å². The Morgan fingerprint density at radius 2 is 1.64 bits per heavy atom. The number of benzene rings is 3. The normalized spacial score (nSPS) is 10.6. The van der Waals surface area contributed by atoms with E-state index in [1.54, 1.807) is 12.1 Å². The summed E-state index contributed by atoms with van der Waals surface area (Å²) in [5, 5.41) is 13.0. The number of hydrogen-bond donors (Lipinski definition) is 1. The summed E-state index contributed by atoms with van der Waals surface area (Å²) in [6, 6.07) is 21.1. The van der Waals surface area contributed by atoms with E-state index in [1.807, 2.05) is 24.3 Å². The molecule has 3 aromatic carbocycles. The van der Waals surface area contributed by atoms with E-state index < -0.39 is 5.97 Å². The van der Waals surface area contributed by atoms with E-state index in [9.17, 15) is 9.90 Å². The molecule has 0 bridgehead atoms. The highest BCUT2D eigenvalue weighted by Gasteiger charge is 2.08. The van der Waals surface area contributed by atoms with E-state index in [0.717, 1.165) is 40.0 Å². The van der Waals surface area contributed by atoms with Crippen molar-refractivity contribution in [2.24, 2.45) is 0 Å². The van der Waals surface area contributed by atoms with Crippen molar-refractivity contribution < 1.29 is 20.0 Å². The minimum atomic E-state index is -1.15. The van der Waals surface area contributed by atoms with Gasteiger partial charge in [-0.2, -0.15) is 0 Å². The van der Waals surface area contributed by atoms with Crippen LogP contribution in [-0.2, 0) is 19.7 Å². The Balaban J connectivity index is 1.60. The summed E-state index contributed by atoms with van der Waals surface area (Å²) in [7, 11) is 0. The molecule has 0 saturated carbocycles. The maximum absolute atomic E-state index is 10.8. The highest BCUT2D eigenvalue weighted by Crippen LogP contribution is 2.23. The number of carbonyl (C=O) groups is 1. The monoisotopic (exact) mass is 439 g/mol. The molecule has 0 aromatic heterocycles. The lowest BCUT2D eigenvalue weighted by molar-refractivity contribution is -0.686. The number of carbonyl (C=O) groups excluding carboxylic acids is 1. The lowest BCUT2D eigenvalue weighted by atomic mass is 10.1. The van der Waals surface area contributed by atoms with Crippen LogP contribution in [0.3, 0.4) is 0 Å². The van der Waals surface area contributed by atoms with Gasteiger partial charge >= 0.3 is 0 Å². The third-order valence-corrected chi connectivity index (χ3v) is 4.96. The number of ether oxygens (including phenoxy) is 1. The third-order valence-electron chi connectivity index (χ3n) is 4.47. The van der Waals surface area contributed by atoms with Crippen LogP contribution in [0.2, 0.25) is 0 Å². The lowest BCUT2D eigenvalue weighted by Gasteiger charge is -2.12. The molecule has 0 aliphatic carbocycles. The second kappa shape index (κ2) is 9.53. The molecule has 3 rings (SSSR count). The van der Waals surface area contributed by atoms with E-state index in [0.29, 0.717) is 6.61 Å². The number of aryl methyl sites for hydroxylation is 1. The number of nitrogens with two attached hydrogens (primary N) is 1. The van der Waals surface area contributed by atoms with Gasteiger partial charge < -0.3 is 20.0 Å². The quantitative estimate of drug-likeness (QED) is 0.586. The molecule has 0 aliphatic heterocycles. The molecule has 5 heteroatoms. The van der Waals surface area contributed by atoms with Crippen LogP contribution in [0.5, 0.6) is 5.75 Å². The van der Waals surface area contributed by atoms with Gasteiger partial charge in [0.2, 0.25) is 0 Å². The fourth-order valence-electron chi connectivity index (χ4n) is 2.86. The molecule has 3 aromatic rings. The zero-order valence-corrected chi connectivity index (χ0v) is 17.2. The van der Waals surface area contributed by atoms with Crippen molar-refractivity contribution in [2.45, 2.75) is 26.6 Å². The summed E-state index contributed by atoms with van der Waals surface area (Å²) < 4.78 is 7.06. The van der Waals surface area contributed by atoms with Crippen molar-refractivity contribution in [3.8, 4) is 5.75 Å². The number of quaternary nitrogens is 1. The lowest BCUT2D eigenvalue weighted by Crippen LogP contribution is -2.80. The molecule has 0 fully saturated rings. The van der Waals surface area contributed by atoms with Gasteiger partial charge in [0.1, 0.15) is 25.4 Å². The number of halogens is 1. The highest BCUT2D eigenvalue weighted by molar-refractivity contribution is 9.10. The first kappa shape index (κ1) is 20.1. The summed E-state index contributed by atoms with van der Waals surface area (Å²) in [5.74, 6) is -0.285. The average Bonchev–Trinajstić information content (AvgIpc) is 2.69. The molecular formula is C23H22BrNO3. The van der Waals surface area contributed by atoms with Crippen molar-refractivity contribution >= 4 is 21.9 Å². The molecule has 0 heterocycles. The molecule has 144 valence electrons. The minimum absolute atomic E-state index is 0.197. The minimum Gasteiger partial charge on any atom is -0.545 e. The molecule has 2 N–H and O–H groups in total. The van der Waals surface area contributed by atoms with E-state index in [1.165, 1.54) is 5.56 Å². The first-order valence-electron chi connectivity index (χ1n) is 9.10.